The van der Waals surface area contributed by atoms with Gasteiger partial charge in [-0.3, -0.25) is 9.59 Å². The Bertz CT molecular complexity index is 1300. The summed E-state index contributed by atoms with van der Waals surface area (Å²) in [6.45, 7) is 4.52. The van der Waals surface area contributed by atoms with E-state index in [4.69, 9.17) is 16.3 Å². The Morgan fingerprint density at radius 3 is 2.51 bits per heavy atom. The van der Waals surface area contributed by atoms with Crippen LogP contribution in [-0.4, -0.2) is 99.0 Å². The number of likely N-dealkylation sites (N-methyl/N-ethyl adjacent to an activating group) is 1. The number of carbonyl (C=O) groups is 2. The predicted molar refractivity (Wildman–Crippen MR) is 160 cm³/mol. The summed E-state index contributed by atoms with van der Waals surface area (Å²) in [6.07, 6.45) is 0.459. The molecule has 2 aromatic carbocycles. The van der Waals surface area contributed by atoms with Gasteiger partial charge in [0.15, 0.2) is 0 Å². The van der Waals surface area contributed by atoms with E-state index in [2.05, 4.69) is 5.32 Å². The summed E-state index contributed by atoms with van der Waals surface area (Å²) in [4.78, 5) is 29.6. The lowest BCUT2D eigenvalue weighted by Gasteiger charge is -2.33. The highest BCUT2D eigenvalue weighted by atomic mass is 35.5. The quantitative estimate of drug-likeness (QED) is 0.402. The summed E-state index contributed by atoms with van der Waals surface area (Å²) in [5.74, 6) is -0.159. The Balaban J connectivity index is 1.90. The molecule has 12 heteroatoms. The van der Waals surface area contributed by atoms with Crippen LogP contribution in [0.15, 0.2) is 47.4 Å². The normalized spacial score (nSPS) is 18.8. The minimum absolute atomic E-state index is 0.00235. The molecule has 0 aromatic heterocycles. The van der Waals surface area contributed by atoms with E-state index in [1.54, 1.807) is 30.0 Å². The van der Waals surface area contributed by atoms with Crippen LogP contribution in [0.1, 0.15) is 32.3 Å². The van der Waals surface area contributed by atoms with Crippen molar-refractivity contribution in [3.05, 3.63) is 53.1 Å². The van der Waals surface area contributed by atoms with Gasteiger partial charge in [0.1, 0.15) is 11.9 Å². The lowest BCUT2D eigenvalue weighted by atomic mass is 10.0. The number of fused-ring (bicyclic) bond motifs is 1. The third-order valence-electron chi connectivity index (χ3n) is 7.17. The Morgan fingerprint density at radius 1 is 1.20 bits per heavy atom. The average molecular weight is 609 g/mol. The fourth-order valence-electron chi connectivity index (χ4n) is 4.64. The van der Waals surface area contributed by atoms with Crippen LogP contribution >= 0.6 is 11.6 Å². The van der Waals surface area contributed by atoms with Crippen LogP contribution in [0.5, 0.6) is 5.75 Å². The fraction of sp³-hybridized carbons (Fsp3) is 0.517. The van der Waals surface area contributed by atoms with Crippen molar-refractivity contribution in [2.75, 3.05) is 52.7 Å². The summed E-state index contributed by atoms with van der Waals surface area (Å²) < 4.78 is 34.3. The standard InChI is InChI=1S/C29H41ClN4O6S/c1-20-17-34(21(2)19-35)29(37)16-22-15-24(31-28(36)7-6-14-32(3)4)10-13-26(22)40-27(20)18-33(5)41(38,39)25-11-8-23(30)9-12-25/h8-13,15,20-21,27,35H,6-7,14,16-19H2,1-5H3,(H,31,36)/t20-,21+,27-/m0/s1. The maximum Gasteiger partial charge on any atom is 0.242 e. The zero-order valence-corrected chi connectivity index (χ0v) is 25.9. The van der Waals surface area contributed by atoms with Crippen LogP contribution in [0.4, 0.5) is 5.69 Å². The molecule has 3 rings (SSSR count). The first-order valence-corrected chi connectivity index (χ1v) is 15.5. The van der Waals surface area contributed by atoms with Gasteiger partial charge in [0, 0.05) is 42.2 Å². The van der Waals surface area contributed by atoms with Crippen molar-refractivity contribution < 1.29 is 27.9 Å². The number of amides is 2. The van der Waals surface area contributed by atoms with Gasteiger partial charge in [0.25, 0.3) is 0 Å². The molecular formula is C29H41ClN4O6S. The number of ether oxygens (including phenoxy) is 1. The van der Waals surface area contributed by atoms with Crippen LogP contribution in [0.25, 0.3) is 0 Å². The minimum atomic E-state index is -3.84. The Kier molecular flexibility index (Phi) is 11.6. The van der Waals surface area contributed by atoms with E-state index < -0.39 is 22.2 Å². The van der Waals surface area contributed by atoms with Crippen molar-refractivity contribution in [2.24, 2.45) is 5.92 Å². The largest absolute Gasteiger partial charge is 0.488 e. The molecule has 0 aliphatic carbocycles. The first-order chi connectivity index (χ1) is 19.3. The molecule has 0 spiro atoms. The molecule has 1 heterocycles. The van der Waals surface area contributed by atoms with Crippen molar-refractivity contribution in [2.45, 2.75) is 50.2 Å². The molecule has 10 nitrogen and oxygen atoms in total. The second-order valence-corrected chi connectivity index (χ2v) is 13.4. The second kappa shape index (κ2) is 14.5. The van der Waals surface area contributed by atoms with E-state index >= 15 is 0 Å². The number of halogens is 1. The molecule has 0 radical (unpaired) electrons. The van der Waals surface area contributed by atoms with Crippen LogP contribution in [0, 0.1) is 5.92 Å². The number of aliphatic hydroxyl groups excluding tert-OH is 1. The predicted octanol–water partition coefficient (Wildman–Crippen LogP) is 3.09. The van der Waals surface area contributed by atoms with Gasteiger partial charge in [-0.2, -0.15) is 4.31 Å². The number of nitrogens with zero attached hydrogens (tertiary/aromatic N) is 3. The van der Waals surface area contributed by atoms with Crippen molar-refractivity contribution in [1.82, 2.24) is 14.1 Å². The van der Waals surface area contributed by atoms with Gasteiger partial charge in [0.05, 0.1) is 30.5 Å². The lowest BCUT2D eigenvalue weighted by Crippen LogP contribution is -2.48. The fourth-order valence-corrected chi connectivity index (χ4v) is 5.95. The molecule has 2 amide bonds. The van der Waals surface area contributed by atoms with Crippen LogP contribution in [0.2, 0.25) is 5.02 Å². The number of anilines is 1. The van der Waals surface area contributed by atoms with Gasteiger partial charge in [-0.1, -0.05) is 18.5 Å². The van der Waals surface area contributed by atoms with Crippen LogP contribution < -0.4 is 10.1 Å². The number of benzene rings is 2. The molecule has 2 N–H and O–H groups in total. The van der Waals surface area contributed by atoms with Crippen LogP contribution in [0.3, 0.4) is 0 Å². The summed E-state index contributed by atoms with van der Waals surface area (Å²) in [5.41, 5.74) is 1.11. The first kappa shape index (κ1) is 32.8. The van der Waals surface area contributed by atoms with Gasteiger partial charge in [-0.25, -0.2) is 8.42 Å². The summed E-state index contributed by atoms with van der Waals surface area (Å²) in [6, 6.07) is 10.7. The first-order valence-electron chi connectivity index (χ1n) is 13.7. The maximum absolute atomic E-state index is 13.4. The molecule has 0 fully saturated rings. The SMILES string of the molecule is C[C@H](CO)N1C[C@H](C)[C@H](CN(C)S(=O)(=O)c2ccc(Cl)cc2)Oc2ccc(NC(=O)CCCN(C)C)cc2CC1=O. The van der Waals surface area contributed by atoms with Gasteiger partial charge >= 0.3 is 0 Å². The van der Waals surface area contributed by atoms with Gasteiger partial charge in [-0.15, -0.1) is 0 Å². The van der Waals surface area contributed by atoms with Crippen molar-refractivity contribution >= 4 is 39.1 Å². The molecule has 3 atom stereocenters. The third kappa shape index (κ3) is 8.89. The van der Waals surface area contributed by atoms with Gasteiger partial charge in [0.2, 0.25) is 21.8 Å². The Hall–Kier alpha value is -2.70. The number of hydrogen-bond acceptors (Lipinski definition) is 7. The number of carbonyl (C=O) groups excluding carboxylic acids is 2. The van der Waals surface area contributed by atoms with Crippen molar-refractivity contribution in [1.29, 1.82) is 0 Å². The zero-order valence-electron chi connectivity index (χ0n) is 24.3. The van der Waals surface area contributed by atoms with Crippen molar-refractivity contribution in [3.63, 3.8) is 0 Å². The molecule has 41 heavy (non-hydrogen) atoms. The molecule has 0 unspecified atom stereocenters. The third-order valence-corrected chi connectivity index (χ3v) is 9.26. The average Bonchev–Trinajstić information content (AvgIpc) is 2.95. The van der Waals surface area contributed by atoms with Crippen LogP contribution in [-0.2, 0) is 26.0 Å². The molecule has 1 aliphatic rings. The molecule has 2 aromatic rings. The summed E-state index contributed by atoms with van der Waals surface area (Å²) >= 11 is 5.95. The van der Waals surface area contributed by atoms with E-state index in [0.717, 1.165) is 6.54 Å². The number of rotatable bonds is 11. The monoisotopic (exact) mass is 608 g/mol. The molecular weight excluding hydrogens is 568 g/mol. The zero-order chi connectivity index (χ0) is 30.3. The Labute approximate surface area is 248 Å². The summed E-state index contributed by atoms with van der Waals surface area (Å²) in [5, 5.41) is 13.2. The summed E-state index contributed by atoms with van der Waals surface area (Å²) in [7, 11) is 1.55. The molecule has 0 bridgehead atoms. The smallest absolute Gasteiger partial charge is 0.242 e. The molecule has 0 saturated carbocycles. The highest BCUT2D eigenvalue weighted by Crippen LogP contribution is 2.30. The van der Waals surface area contributed by atoms with E-state index in [9.17, 15) is 23.1 Å². The topological polar surface area (TPSA) is 119 Å². The Morgan fingerprint density at radius 2 is 1.88 bits per heavy atom. The number of hydrogen-bond donors (Lipinski definition) is 2. The minimum Gasteiger partial charge on any atom is -0.488 e. The van der Waals surface area contributed by atoms with E-state index in [-0.39, 0.29) is 48.7 Å². The van der Waals surface area contributed by atoms with Gasteiger partial charge < -0.3 is 25.0 Å². The van der Waals surface area contributed by atoms with Gasteiger partial charge in [-0.05, 0) is 76.4 Å². The maximum atomic E-state index is 13.4. The molecule has 0 saturated heterocycles. The second-order valence-electron chi connectivity index (χ2n) is 10.9. The number of nitrogens with one attached hydrogen (secondary N) is 1. The molecule has 226 valence electrons. The highest BCUT2D eigenvalue weighted by molar-refractivity contribution is 7.89. The highest BCUT2D eigenvalue weighted by Gasteiger charge is 2.33. The van der Waals surface area contributed by atoms with E-state index in [1.807, 2.05) is 25.9 Å². The van der Waals surface area contributed by atoms with E-state index in [0.29, 0.717) is 34.9 Å². The van der Waals surface area contributed by atoms with E-state index in [1.165, 1.54) is 35.6 Å². The lowest BCUT2D eigenvalue weighted by molar-refractivity contribution is -0.134. The number of aliphatic hydroxyl groups is 1. The number of sulfonamides is 1. The van der Waals surface area contributed by atoms with Crippen molar-refractivity contribution in [3.8, 4) is 5.75 Å². The molecule has 1 aliphatic heterocycles.